The van der Waals surface area contributed by atoms with Crippen molar-refractivity contribution >= 4 is 40.4 Å². The molecular weight excluding hydrogens is 424 g/mol. The molecule has 30 heavy (non-hydrogen) atoms. The van der Waals surface area contributed by atoms with Crippen molar-refractivity contribution in [2.75, 3.05) is 19.0 Å². The van der Waals surface area contributed by atoms with Crippen molar-refractivity contribution in [1.82, 2.24) is 20.3 Å². The summed E-state index contributed by atoms with van der Waals surface area (Å²) in [6.45, 7) is 5.44. The maximum Gasteiger partial charge on any atom is 0.230 e. The highest BCUT2D eigenvalue weighted by atomic mass is 35.5. The minimum absolute atomic E-state index is 0.0720. The summed E-state index contributed by atoms with van der Waals surface area (Å²) in [5.41, 5.74) is 2.32. The Morgan fingerprint density at radius 2 is 2.07 bits per heavy atom. The molecule has 1 aliphatic rings. The number of pyridine rings is 1. The predicted molar refractivity (Wildman–Crippen MR) is 117 cm³/mol. The first-order valence-corrected chi connectivity index (χ1v) is 11.2. The number of nitrogens with zero attached hydrogens (tertiary/aromatic N) is 2. The number of hydrogen-bond donors (Lipinski definition) is 2. The fraction of sp³-hybridized carbons (Fsp3) is 0.381. The number of carbonyl (C=O) groups is 1. The van der Waals surface area contributed by atoms with Crippen molar-refractivity contribution in [3.05, 3.63) is 41.0 Å². The fourth-order valence-corrected chi connectivity index (χ4v) is 4.12. The van der Waals surface area contributed by atoms with Gasteiger partial charge in [0.1, 0.15) is 0 Å². The van der Waals surface area contributed by atoms with E-state index in [1.807, 2.05) is 18.2 Å². The number of aromatic nitrogens is 3. The van der Waals surface area contributed by atoms with Gasteiger partial charge in [0.2, 0.25) is 5.91 Å². The van der Waals surface area contributed by atoms with Crippen LogP contribution in [-0.4, -0.2) is 39.8 Å². The third-order valence-electron chi connectivity index (χ3n) is 4.74. The quantitative estimate of drug-likeness (QED) is 0.546. The highest BCUT2D eigenvalue weighted by molar-refractivity contribution is 7.99. The van der Waals surface area contributed by atoms with E-state index in [2.05, 4.69) is 34.1 Å². The largest absolute Gasteiger partial charge is 0.490 e. The van der Waals surface area contributed by atoms with Crippen LogP contribution in [-0.2, 0) is 4.79 Å². The summed E-state index contributed by atoms with van der Waals surface area (Å²) in [4.78, 5) is 24.3. The van der Waals surface area contributed by atoms with E-state index in [9.17, 15) is 4.79 Å². The van der Waals surface area contributed by atoms with Crippen molar-refractivity contribution in [2.24, 2.45) is 5.92 Å². The second-order valence-corrected chi connectivity index (χ2v) is 8.80. The van der Waals surface area contributed by atoms with E-state index in [1.165, 1.54) is 11.8 Å². The van der Waals surface area contributed by atoms with E-state index in [0.717, 1.165) is 29.0 Å². The number of rotatable bonds is 6. The summed E-state index contributed by atoms with van der Waals surface area (Å²) >= 11 is 7.28. The Hall–Kier alpha value is -2.45. The van der Waals surface area contributed by atoms with Crippen molar-refractivity contribution in [1.29, 1.82) is 0 Å². The molecule has 9 heteroatoms. The van der Waals surface area contributed by atoms with Gasteiger partial charge >= 0.3 is 0 Å². The number of ether oxygens (including phenoxy) is 2. The molecule has 0 radical (unpaired) electrons. The van der Waals surface area contributed by atoms with E-state index in [-0.39, 0.29) is 23.6 Å². The number of halogens is 1. The first kappa shape index (κ1) is 20.8. The molecule has 0 bridgehead atoms. The number of benzene rings is 1. The minimum atomic E-state index is -0.133. The molecule has 0 aliphatic carbocycles. The average molecular weight is 447 g/mol. The maximum atomic E-state index is 12.7. The van der Waals surface area contributed by atoms with Crippen LogP contribution in [0.4, 0.5) is 0 Å². The van der Waals surface area contributed by atoms with Crippen molar-refractivity contribution in [2.45, 2.75) is 31.5 Å². The lowest BCUT2D eigenvalue weighted by Crippen LogP contribution is -2.33. The van der Waals surface area contributed by atoms with Gasteiger partial charge in [-0.3, -0.25) is 4.79 Å². The molecule has 2 aromatic heterocycles. The van der Waals surface area contributed by atoms with Gasteiger partial charge in [-0.15, -0.1) is 0 Å². The number of imidazole rings is 1. The van der Waals surface area contributed by atoms with E-state index in [4.69, 9.17) is 21.1 Å². The smallest absolute Gasteiger partial charge is 0.230 e. The van der Waals surface area contributed by atoms with Crippen LogP contribution >= 0.6 is 23.4 Å². The molecule has 1 amide bonds. The Labute approximate surface area is 183 Å². The molecule has 0 fully saturated rings. The summed E-state index contributed by atoms with van der Waals surface area (Å²) in [5, 5.41) is 4.30. The number of carbonyl (C=O) groups excluding carboxylic acids is 1. The zero-order valence-electron chi connectivity index (χ0n) is 16.8. The van der Waals surface area contributed by atoms with Crippen LogP contribution in [0.1, 0.15) is 31.9 Å². The molecule has 158 valence electrons. The summed E-state index contributed by atoms with van der Waals surface area (Å²) in [7, 11) is 0. The number of thioether (sulfide) groups is 1. The number of amides is 1. The zero-order chi connectivity index (χ0) is 21.1. The van der Waals surface area contributed by atoms with Gasteiger partial charge in [-0.1, -0.05) is 43.3 Å². The summed E-state index contributed by atoms with van der Waals surface area (Å²) in [6.07, 6.45) is 2.41. The lowest BCUT2D eigenvalue weighted by atomic mass is 9.95. The molecule has 0 spiro atoms. The van der Waals surface area contributed by atoms with Crippen LogP contribution < -0.4 is 14.8 Å². The molecule has 2 N–H and O–H groups in total. The lowest BCUT2D eigenvalue weighted by Gasteiger charge is -2.23. The highest BCUT2D eigenvalue weighted by Gasteiger charge is 2.21. The number of H-pyrrole nitrogens is 1. The predicted octanol–water partition coefficient (Wildman–Crippen LogP) is 4.38. The van der Waals surface area contributed by atoms with Gasteiger partial charge in [0.15, 0.2) is 22.3 Å². The minimum Gasteiger partial charge on any atom is -0.490 e. The fourth-order valence-electron chi connectivity index (χ4n) is 3.28. The highest BCUT2D eigenvalue weighted by Crippen LogP contribution is 2.34. The van der Waals surface area contributed by atoms with Gasteiger partial charge in [-0.25, -0.2) is 9.97 Å². The Bertz CT molecular complexity index is 1060. The monoisotopic (exact) mass is 446 g/mol. The standard InChI is InChI=1S/C21H23ClN4O3S/c1-12(2)19(13-4-5-16-17(8-13)29-7-3-6-28-16)25-18(27)11-30-21-24-15-9-14(22)10-23-20(15)26-21/h4-5,8-10,12,19H,3,6-7,11H2,1-2H3,(H,25,27)(H,23,24,26). The number of fused-ring (bicyclic) bond motifs is 2. The molecule has 1 aliphatic heterocycles. The molecule has 0 saturated heterocycles. The zero-order valence-corrected chi connectivity index (χ0v) is 18.3. The van der Waals surface area contributed by atoms with E-state index < -0.39 is 0 Å². The van der Waals surface area contributed by atoms with Gasteiger partial charge in [0.05, 0.1) is 35.5 Å². The number of aromatic amines is 1. The number of hydrogen-bond acceptors (Lipinski definition) is 6. The van der Waals surface area contributed by atoms with Crippen molar-refractivity contribution < 1.29 is 14.3 Å². The van der Waals surface area contributed by atoms with Gasteiger partial charge in [0, 0.05) is 12.6 Å². The topological polar surface area (TPSA) is 89.1 Å². The lowest BCUT2D eigenvalue weighted by molar-refractivity contribution is -0.119. The van der Waals surface area contributed by atoms with E-state index >= 15 is 0 Å². The molecule has 1 atom stereocenters. The Kier molecular flexibility index (Phi) is 6.34. The molecule has 4 rings (SSSR count). The normalized spacial score (nSPS) is 14.5. The number of nitrogens with one attached hydrogen (secondary N) is 2. The van der Waals surface area contributed by atoms with E-state index in [0.29, 0.717) is 29.0 Å². The molecule has 3 heterocycles. The van der Waals surface area contributed by atoms with Crippen LogP contribution in [0.25, 0.3) is 11.2 Å². The first-order valence-electron chi connectivity index (χ1n) is 9.82. The molecule has 7 nitrogen and oxygen atoms in total. The van der Waals surface area contributed by atoms with Crippen LogP contribution in [0.15, 0.2) is 35.6 Å². The summed E-state index contributed by atoms with van der Waals surface area (Å²) in [6, 6.07) is 7.50. The molecule has 1 aromatic carbocycles. The van der Waals surface area contributed by atoms with Gasteiger partial charge in [-0.05, 0) is 29.7 Å². The second kappa shape index (κ2) is 9.14. The Morgan fingerprint density at radius 1 is 1.27 bits per heavy atom. The van der Waals surface area contributed by atoms with Crippen LogP contribution in [0.5, 0.6) is 11.5 Å². The molecular formula is C21H23ClN4O3S. The SMILES string of the molecule is CC(C)C(NC(=O)CSc1nc2ncc(Cl)cc2[nH]1)c1ccc2c(c1)OCCCO2. The molecule has 3 aromatic rings. The van der Waals surface area contributed by atoms with Crippen LogP contribution in [0.3, 0.4) is 0 Å². The summed E-state index contributed by atoms with van der Waals surface area (Å²) in [5.74, 6) is 1.85. The summed E-state index contributed by atoms with van der Waals surface area (Å²) < 4.78 is 11.5. The average Bonchev–Trinajstić information content (AvgIpc) is 2.97. The third-order valence-corrected chi connectivity index (χ3v) is 5.82. The Morgan fingerprint density at radius 3 is 2.87 bits per heavy atom. The first-order chi connectivity index (χ1) is 14.5. The van der Waals surface area contributed by atoms with Gasteiger partial charge < -0.3 is 19.8 Å². The molecule has 1 unspecified atom stereocenters. The molecule has 0 saturated carbocycles. The van der Waals surface area contributed by atoms with Gasteiger partial charge in [0.25, 0.3) is 0 Å². The van der Waals surface area contributed by atoms with Crippen LogP contribution in [0.2, 0.25) is 5.02 Å². The van der Waals surface area contributed by atoms with Gasteiger partial charge in [-0.2, -0.15) is 0 Å². The van der Waals surface area contributed by atoms with Crippen molar-refractivity contribution in [3.63, 3.8) is 0 Å². The van der Waals surface area contributed by atoms with Crippen molar-refractivity contribution in [3.8, 4) is 11.5 Å². The second-order valence-electron chi connectivity index (χ2n) is 7.40. The maximum absolute atomic E-state index is 12.7. The van der Waals surface area contributed by atoms with Crippen LogP contribution in [0, 0.1) is 5.92 Å². The Balaban J connectivity index is 1.42. The third kappa shape index (κ3) is 4.82. The van der Waals surface area contributed by atoms with E-state index in [1.54, 1.807) is 12.3 Å².